The summed E-state index contributed by atoms with van der Waals surface area (Å²) < 4.78 is 8.79. The molecule has 1 heterocycles. The van der Waals surface area contributed by atoms with Crippen LogP contribution in [0.1, 0.15) is 0 Å². The molecule has 1 fully saturated rings. The molecule has 1 aliphatic heterocycles. The molecule has 0 aromatic heterocycles. The summed E-state index contributed by atoms with van der Waals surface area (Å²) >= 11 is -2.50. The van der Waals surface area contributed by atoms with E-state index < -0.39 is 61.5 Å². The van der Waals surface area contributed by atoms with Crippen molar-refractivity contribution in [3.05, 3.63) is 0 Å². The standard InChI is InChI=1S/C6H10O8.Pb/c7-1(3(9)5(11)12)2(8)4(10)6(13)14;/h1-4,7-10H,(H,11,12)(H,13,14);/q;+2/p-2/t1-,2+,3-,4-;/m0./s1. The van der Waals surface area contributed by atoms with Crippen molar-refractivity contribution in [1.82, 2.24) is 0 Å². The Balaban J connectivity index is 2.86. The SMILES string of the molecule is O=C1[O][Pb][O]C(=O)[C@@H](O)[C@@H](O)[C@@H](O)[C@@H]1O. The third kappa shape index (κ3) is 2.84. The Hall–Kier alpha value is -0.298. The third-order valence-corrected chi connectivity index (χ3v) is 3.98. The molecule has 0 aromatic rings. The van der Waals surface area contributed by atoms with Gasteiger partial charge in [0.1, 0.15) is 0 Å². The summed E-state index contributed by atoms with van der Waals surface area (Å²) in [6, 6.07) is 0. The Morgan fingerprint density at radius 3 is 1.53 bits per heavy atom. The normalized spacial score (nSPS) is 38.4. The van der Waals surface area contributed by atoms with Gasteiger partial charge in [-0.3, -0.25) is 0 Å². The fourth-order valence-electron chi connectivity index (χ4n) is 0.876. The molecule has 0 spiro atoms. The summed E-state index contributed by atoms with van der Waals surface area (Å²) in [6.45, 7) is 0. The molecule has 0 saturated carbocycles. The molecule has 0 aliphatic carbocycles. The molecule has 8 nitrogen and oxygen atoms in total. The van der Waals surface area contributed by atoms with E-state index in [-0.39, 0.29) is 0 Å². The zero-order valence-corrected chi connectivity index (χ0v) is 11.1. The maximum absolute atomic E-state index is 10.9. The summed E-state index contributed by atoms with van der Waals surface area (Å²) in [5.41, 5.74) is 0. The summed E-state index contributed by atoms with van der Waals surface area (Å²) in [6.07, 6.45) is -8.00. The molecular weight excluding hydrogens is 407 g/mol. The summed E-state index contributed by atoms with van der Waals surface area (Å²) in [7, 11) is 0. The first kappa shape index (κ1) is 12.8. The van der Waals surface area contributed by atoms with Crippen LogP contribution in [0.25, 0.3) is 0 Å². The summed E-state index contributed by atoms with van der Waals surface area (Å²) in [5.74, 6) is -2.35. The van der Waals surface area contributed by atoms with Crippen molar-refractivity contribution in [2.75, 3.05) is 0 Å². The monoisotopic (exact) mass is 416 g/mol. The molecule has 0 unspecified atom stereocenters. The van der Waals surface area contributed by atoms with E-state index >= 15 is 0 Å². The first-order chi connectivity index (χ1) is 6.95. The number of aliphatic hydroxyl groups excluding tert-OH is 4. The molecule has 0 amide bonds. The minimum atomic E-state index is -2.50. The maximum atomic E-state index is 10.9. The van der Waals surface area contributed by atoms with Crippen molar-refractivity contribution in [2.45, 2.75) is 24.4 Å². The molecule has 1 rings (SSSR count). The van der Waals surface area contributed by atoms with E-state index in [1.165, 1.54) is 0 Å². The van der Waals surface area contributed by atoms with Crippen molar-refractivity contribution >= 4 is 37.1 Å². The fraction of sp³-hybridized carbons (Fsp3) is 0.667. The van der Waals surface area contributed by atoms with Gasteiger partial charge < -0.3 is 0 Å². The zero-order chi connectivity index (χ0) is 11.6. The van der Waals surface area contributed by atoms with Crippen LogP contribution in [0, 0.1) is 0 Å². The Morgan fingerprint density at radius 1 is 0.867 bits per heavy atom. The van der Waals surface area contributed by atoms with E-state index in [2.05, 4.69) is 5.37 Å². The van der Waals surface area contributed by atoms with Crippen LogP contribution in [0.15, 0.2) is 0 Å². The Morgan fingerprint density at radius 2 is 1.20 bits per heavy atom. The molecule has 0 bridgehead atoms. The van der Waals surface area contributed by atoms with Gasteiger partial charge in [-0.25, -0.2) is 0 Å². The molecule has 9 heteroatoms. The average Bonchev–Trinajstić information content (AvgIpc) is 2.25. The Labute approximate surface area is 96.9 Å². The molecular formula is C6H8O8Pb. The van der Waals surface area contributed by atoms with Crippen LogP contribution in [0.4, 0.5) is 0 Å². The molecule has 1 saturated heterocycles. The van der Waals surface area contributed by atoms with E-state index in [1.54, 1.807) is 0 Å². The van der Waals surface area contributed by atoms with Crippen molar-refractivity contribution in [1.29, 1.82) is 0 Å². The van der Waals surface area contributed by atoms with Crippen molar-refractivity contribution in [3.8, 4) is 0 Å². The van der Waals surface area contributed by atoms with Gasteiger partial charge in [-0.15, -0.1) is 0 Å². The first-order valence-electron chi connectivity index (χ1n) is 3.83. The number of hydrogen-bond acceptors (Lipinski definition) is 8. The van der Waals surface area contributed by atoms with Crippen LogP contribution in [0.2, 0.25) is 0 Å². The fourth-order valence-corrected chi connectivity index (χ4v) is 2.62. The van der Waals surface area contributed by atoms with Gasteiger partial charge in [0, 0.05) is 0 Å². The van der Waals surface area contributed by atoms with Gasteiger partial charge in [0.2, 0.25) is 0 Å². The molecule has 0 aromatic carbocycles. The van der Waals surface area contributed by atoms with Crippen LogP contribution < -0.4 is 0 Å². The number of carbonyl (C=O) groups is 2. The van der Waals surface area contributed by atoms with Crippen LogP contribution in [0.3, 0.4) is 0 Å². The second-order valence-corrected chi connectivity index (χ2v) is 5.03. The second kappa shape index (κ2) is 5.16. The van der Waals surface area contributed by atoms with Crippen LogP contribution in [-0.2, 0) is 15.0 Å². The summed E-state index contributed by atoms with van der Waals surface area (Å²) in [4.78, 5) is 21.8. The van der Waals surface area contributed by atoms with Crippen LogP contribution in [-0.4, -0.2) is 81.9 Å². The molecule has 2 radical (unpaired) electrons. The minimum absolute atomic E-state index is 1.17. The van der Waals surface area contributed by atoms with Gasteiger partial charge in [0.25, 0.3) is 0 Å². The van der Waals surface area contributed by atoms with Crippen molar-refractivity contribution in [3.63, 3.8) is 0 Å². The van der Waals surface area contributed by atoms with E-state index in [4.69, 9.17) is 10.2 Å². The molecule has 1 aliphatic rings. The van der Waals surface area contributed by atoms with E-state index in [9.17, 15) is 19.8 Å². The quantitative estimate of drug-likeness (QED) is 0.295. The predicted octanol–water partition coefficient (Wildman–Crippen LogP) is -3.94. The van der Waals surface area contributed by atoms with E-state index in [0.717, 1.165) is 0 Å². The molecule has 15 heavy (non-hydrogen) atoms. The summed E-state index contributed by atoms with van der Waals surface area (Å²) in [5, 5.41) is 36.6. The molecule has 4 atom stereocenters. The van der Waals surface area contributed by atoms with Gasteiger partial charge in [-0.1, -0.05) is 0 Å². The number of rotatable bonds is 0. The van der Waals surface area contributed by atoms with E-state index in [1.807, 2.05) is 0 Å². The van der Waals surface area contributed by atoms with Crippen molar-refractivity contribution in [2.24, 2.45) is 0 Å². The molecule has 4 N–H and O–H groups in total. The second-order valence-electron chi connectivity index (χ2n) is 2.80. The number of aliphatic hydroxyl groups is 4. The predicted molar refractivity (Wildman–Crippen MR) is 42.0 cm³/mol. The topological polar surface area (TPSA) is 134 Å². The Bertz CT molecular complexity index is 242. The van der Waals surface area contributed by atoms with Crippen LogP contribution >= 0.6 is 0 Å². The third-order valence-electron chi connectivity index (χ3n) is 1.76. The number of carbonyl (C=O) groups excluding carboxylic acids is 2. The van der Waals surface area contributed by atoms with Crippen LogP contribution in [0.5, 0.6) is 0 Å². The average molecular weight is 415 g/mol. The number of hydrogen-bond donors (Lipinski definition) is 4. The van der Waals surface area contributed by atoms with Gasteiger partial charge in [-0.2, -0.15) is 0 Å². The Kier molecular flexibility index (Phi) is 4.39. The van der Waals surface area contributed by atoms with Crippen molar-refractivity contribution < 1.29 is 35.4 Å². The van der Waals surface area contributed by atoms with E-state index in [0.29, 0.717) is 0 Å². The van der Waals surface area contributed by atoms with Gasteiger partial charge >= 0.3 is 96.9 Å². The van der Waals surface area contributed by atoms with Gasteiger partial charge in [0.05, 0.1) is 0 Å². The van der Waals surface area contributed by atoms with Gasteiger partial charge in [0.15, 0.2) is 0 Å². The zero-order valence-electron chi connectivity index (χ0n) is 7.23. The van der Waals surface area contributed by atoms with Gasteiger partial charge in [-0.05, 0) is 0 Å². The molecule has 84 valence electrons. The first-order valence-corrected chi connectivity index (χ1v) is 7.01.